The van der Waals surface area contributed by atoms with Gasteiger partial charge in [-0.25, -0.2) is 0 Å². The van der Waals surface area contributed by atoms with Crippen LogP contribution in [0.2, 0.25) is 12.6 Å². The van der Waals surface area contributed by atoms with Crippen molar-refractivity contribution in [1.29, 1.82) is 0 Å². The third kappa shape index (κ3) is 7.96. The minimum absolute atomic E-state index is 1.15. The third-order valence-electron chi connectivity index (χ3n) is 1.59. The van der Waals surface area contributed by atoms with Crippen LogP contribution in [0.1, 0.15) is 32.1 Å². The van der Waals surface area contributed by atoms with Crippen molar-refractivity contribution in [2.75, 3.05) is 0 Å². The van der Waals surface area contributed by atoms with Gasteiger partial charge in [-0.15, -0.1) is 6.58 Å². The van der Waals surface area contributed by atoms with Gasteiger partial charge in [-0.1, -0.05) is 37.9 Å². The number of allylic oxidation sites excluding steroid dienone is 1. The number of hydrogen-bond donors (Lipinski definition) is 0. The van der Waals surface area contributed by atoms with E-state index in [4.69, 9.17) is 0 Å². The first-order valence-corrected chi connectivity index (χ1v) is 5.88. The molecule has 0 atom stereocenters. The van der Waals surface area contributed by atoms with Crippen molar-refractivity contribution in [2.24, 2.45) is 0 Å². The smallest absolute Gasteiger partial charge is 0.0342 e. The molecule has 0 fully saturated rings. The molecule has 1 heteroatoms. The van der Waals surface area contributed by atoms with Crippen LogP contribution in [-0.4, -0.2) is 9.52 Å². The van der Waals surface area contributed by atoms with E-state index in [1.807, 2.05) is 6.08 Å². The van der Waals surface area contributed by atoms with Crippen molar-refractivity contribution in [2.45, 2.75) is 44.7 Å². The minimum atomic E-state index is 1.15. The molecule has 0 rings (SSSR count). The molecular formula is C9H18Si. The molecule has 0 aromatic carbocycles. The van der Waals surface area contributed by atoms with Gasteiger partial charge in [0.2, 0.25) is 0 Å². The summed E-state index contributed by atoms with van der Waals surface area (Å²) in [7, 11) is 1.15. The van der Waals surface area contributed by atoms with Gasteiger partial charge in [-0.2, -0.15) is 0 Å². The van der Waals surface area contributed by atoms with Crippen LogP contribution < -0.4 is 0 Å². The topological polar surface area (TPSA) is 0 Å². The average molecular weight is 154 g/mol. The van der Waals surface area contributed by atoms with E-state index in [9.17, 15) is 0 Å². The Morgan fingerprint density at radius 3 is 2.50 bits per heavy atom. The summed E-state index contributed by atoms with van der Waals surface area (Å²) in [6.07, 6.45) is 8.82. The van der Waals surface area contributed by atoms with Gasteiger partial charge >= 0.3 is 0 Å². The van der Waals surface area contributed by atoms with Crippen molar-refractivity contribution in [3.05, 3.63) is 12.7 Å². The Hall–Kier alpha value is -0.0431. The van der Waals surface area contributed by atoms with E-state index >= 15 is 0 Å². The van der Waals surface area contributed by atoms with Crippen LogP contribution in [-0.2, 0) is 0 Å². The third-order valence-corrected chi connectivity index (χ3v) is 2.44. The molecule has 0 saturated carbocycles. The van der Waals surface area contributed by atoms with E-state index < -0.39 is 0 Å². The van der Waals surface area contributed by atoms with Crippen LogP contribution in [0.15, 0.2) is 12.7 Å². The molecule has 0 aliphatic heterocycles. The van der Waals surface area contributed by atoms with Gasteiger partial charge in [0.05, 0.1) is 0 Å². The molecule has 0 heterocycles. The summed E-state index contributed by atoms with van der Waals surface area (Å²) in [5.41, 5.74) is 0. The first-order chi connectivity index (χ1) is 4.91. The Kier molecular flexibility index (Phi) is 8.92. The Labute approximate surface area is 67.5 Å². The highest BCUT2D eigenvalue weighted by Gasteiger charge is 1.87. The highest BCUT2D eigenvalue weighted by Crippen LogP contribution is 2.04. The van der Waals surface area contributed by atoms with E-state index in [-0.39, 0.29) is 0 Å². The predicted octanol–water partition coefficient (Wildman–Crippen LogP) is 3.29. The van der Waals surface area contributed by atoms with Gasteiger partial charge in [0.15, 0.2) is 0 Å². The van der Waals surface area contributed by atoms with E-state index in [1.54, 1.807) is 0 Å². The van der Waals surface area contributed by atoms with Gasteiger partial charge < -0.3 is 0 Å². The lowest BCUT2D eigenvalue weighted by Crippen LogP contribution is -1.81. The summed E-state index contributed by atoms with van der Waals surface area (Å²) in [6, 6.07) is 1.44. The van der Waals surface area contributed by atoms with Crippen molar-refractivity contribution < 1.29 is 0 Å². The van der Waals surface area contributed by atoms with Gasteiger partial charge in [-0.05, 0) is 12.8 Å². The maximum Gasteiger partial charge on any atom is 0.0342 e. The van der Waals surface area contributed by atoms with Crippen LogP contribution in [0.4, 0.5) is 0 Å². The Bertz CT molecular complexity index is 69.1. The lowest BCUT2D eigenvalue weighted by Gasteiger charge is -1.96. The molecule has 0 N–H and O–H groups in total. The molecule has 0 unspecified atom stereocenters. The molecule has 10 heavy (non-hydrogen) atoms. The van der Waals surface area contributed by atoms with Gasteiger partial charge in [0.25, 0.3) is 0 Å². The monoisotopic (exact) mass is 154 g/mol. The first kappa shape index (κ1) is 9.96. The Morgan fingerprint density at radius 1 is 1.20 bits per heavy atom. The molecule has 0 spiro atoms. The maximum absolute atomic E-state index is 3.70. The fraction of sp³-hybridized carbons (Fsp3) is 0.778. The lowest BCUT2D eigenvalue weighted by atomic mass is 10.1. The molecule has 0 bridgehead atoms. The molecule has 0 aromatic heterocycles. The van der Waals surface area contributed by atoms with Crippen LogP contribution in [0, 0.1) is 0 Å². The standard InChI is InChI=1S/C9H18Si/c1-3-4-5-6-7-8-9-10-2/h3H,1,4-9H2,2H3. The summed E-state index contributed by atoms with van der Waals surface area (Å²) in [4.78, 5) is 0. The molecule has 0 aromatic rings. The normalized spacial score (nSPS) is 9.70. The first-order valence-electron chi connectivity index (χ1n) is 4.17. The van der Waals surface area contributed by atoms with E-state index in [0.717, 1.165) is 9.52 Å². The second-order valence-corrected chi connectivity index (χ2v) is 3.80. The fourth-order valence-corrected chi connectivity index (χ4v) is 1.55. The summed E-state index contributed by atoms with van der Waals surface area (Å²) >= 11 is 0. The minimum Gasteiger partial charge on any atom is -0.103 e. The lowest BCUT2D eigenvalue weighted by molar-refractivity contribution is 0.673. The molecule has 58 valence electrons. The van der Waals surface area contributed by atoms with Gasteiger partial charge in [-0.3, -0.25) is 0 Å². The molecule has 0 amide bonds. The SMILES string of the molecule is C=CCCCCCC[Si]C. The Balaban J connectivity index is 2.70. The zero-order valence-corrected chi connectivity index (χ0v) is 8.03. The van der Waals surface area contributed by atoms with Crippen LogP contribution in [0.25, 0.3) is 0 Å². The highest BCUT2D eigenvalue weighted by atomic mass is 28.2. The zero-order valence-electron chi connectivity index (χ0n) is 7.03. The molecule has 0 aliphatic carbocycles. The van der Waals surface area contributed by atoms with E-state index in [0.29, 0.717) is 0 Å². The number of hydrogen-bond acceptors (Lipinski definition) is 0. The summed E-state index contributed by atoms with van der Waals surface area (Å²) in [6.45, 7) is 5.98. The van der Waals surface area contributed by atoms with Crippen molar-refractivity contribution >= 4 is 9.52 Å². The molecule has 0 nitrogen and oxygen atoms in total. The van der Waals surface area contributed by atoms with Crippen LogP contribution in [0.3, 0.4) is 0 Å². The van der Waals surface area contributed by atoms with Gasteiger partial charge in [0, 0.05) is 9.52 Å². The van der Waals surface area contributed by atoms with Crippen LogP contribution in [0.5, 0.6) is 0 Å². The molecule has 2 radical (unpaired) electrons. The highest BCUT2D eigenvalue weighted by molar-refractivity contribution is 6.33. The number of rotatable bonds is 7. The second-order valence-electron chi connectivity index (χ2n) is 2.60. The van der Waals surface area contributed by atoms with Gasteiger partial charge in [0.1, 0.15) is 0 Å². The van der Waals surface area contributed by atoms with Crippen molar-refractivity contribution in [1.82, 2.24) is 0 Å². The average Bonchev–Trinajstić information content (AvgIpc) is 1.97. The quantitative estimate of drug-likeness (QED) is 0.300. The zero-order chi connectivity index (χ0) is 7.66. The molecule has 0 aliphatic rings. The van der Waals surface area contributed by atoms with Crippen LogP contribution >= 0.6 is 0 Å². The summed E-state index contributed by atoms with van der Waals surface area (Å²) in [5.74, 6) is 0. The molecule has 0 saturated heterocycles. The summed E-state index contributed by atoms with van der Waals surface area (Å²) < 4.78 is 0. The van der Waals surface area contributed by atoms with E-state index in [1.165, 1.54) is 38.1 Å². The second kappa shape index (κ2) is 8.96. The Morgan fingerprint density at radius 2 is 1.90 bits per heavy atom. The summed E-state index contributed by atoms with van der Waals surface area (Å²) in [5, 5.41) is 0. The fourth-order valence-electron chi connectivity index (χ4n) is 0.944. The maximum atomic E-state index is 3.70. The molecular weight excluding hydrogens is 136 g/mol. The predicted molar refractivity (Wildman–Crippen MR) is 49.7 cm³/mol. The van der Waals surface area contributed by atoms with Crippen molar-refractivity contribution in [3.8, 4) is 0 Å². The number of unbranched alkanes of at least 4 members (excludes halogenated alkanes) is 4. The van der Waals surface area contributed by atoms with Crippen molar-refractivity contribution in [3.63, 3.8) is 0 Å². The van der Waals surface area contributed by atoms with E-state index in [2.05, 4.69) is 13.1 Å². The largest absolute Gasteiger partial charge is 0.103 e.